The van der Waals surface area contributed by atoms with Gasteiger partial charge in [-0.2, -0.15) is 0 Å². The van der Waals surface area contributed by atoms with Gasteiger partial charge in [-0.15, -0.1) is 0 Å². The first-order chi connectivity index (χ1) is 16.4. The molecule has 0 heterocycles. The minimum Gasteiger partial charge on any atom is -0.493 e. The third kappa shape index (κ3) is 6.88. The van der Waals surface area contributed by atoms with E-state index in [1.165, 1.54) is 0 Å². The Kier molecular flexibility index (Phi) is 9.18. The van der Waals surface area contributed by atoms with E-state index in [-0.39, 0.29) is 12.5 Å². The van der Waals surface area contributed by atoms with Crippen molar-refractivity contribution in [3.8, 4) is 17.2 Å². The summed E-state index contributed by atoms with van der Waals surface area (Å²) in [6.45, 7) is 0.180. The molecule has 3 aromatic carbocycles. The molecular formula is C25H24BrClN2O5. The summed E-state index contributed by atoms with van der Waals surface area (Å²) in [6.07, 6.45) is 0.602. The number of benzene rings is 3. The molecule has 0 saturated carbocycles. The lowest BCUT2D eigenvalue weighted by Crippen LogP contribution is -2.28. The molecule has 2 N–H and O–H groups in total. The fraction of sp³-hybridized carbons (Fsp3) is 0.200. The van der Waals surface area contributed by atoms with Gasteiger partial charge >= 0.3 is 0 Å². The van der Waals surface area contributed by atoms with Crippen LogP contribution in [0.1, 0.15) is 15.9 Å². The Balaban J connectivity index is 1.56. The molecule has 3 aromatic rings. The Hall–Kier alpha value is -3.23. The Labute approximate surface area is 211 Å². The molecule has 3 rings (SSSR count). The van der Waals surface area contributed by atoms with Gasteiger partial charge in [-0.05, 0) is 70.4 Å². The minimum absolute atomic E-state index is 0.227. The predicted molar refractivity (Wildman–Crippen MR) is 135 cm³/mol. The van der Waals surface area contributed by atoms with Crippen LogP contribution in [-0.2, 0) is 11.2 Å². The van der Waals surface area contributed by atoms with E-state index >= 15 is 0 Å². The van der Waals surface area contributed by atoms with E-state index in [9.17, 15) is 9.59 Å². The van der Waals surface area contributed by atoms with Crippen molar-refractivity contribution in [3.05, 3.63) is 81.3 Å². The predicted octanol–water partition coefficient (Wildman–Crippen LogP) is 5.11. The fourth-order valence-corrected chi connectivity index (χ4v) is 3.96. The highest BCUT2D eigenvalue weighted by atomic mass is 79.9. The second-order valence-corrected chi connectivity index (χ2v) is 8.44. The number of anilines is 1. The molecule has 0 aliphatic carbocycles. The number of rotatable bonds is 10. The van der Waals surface area contributed by atoms with Gasteiger partial charge in [-0.1, -0.05) is 29.8 Å². The zero-order valence-corrected chi connectivity index (χ0v) is 21.0. The van der Waals surface area contributed by atoms with Gasteiger partial charge in [0, 0.05) is 11.6 Å². The Bertz CT molecular complexity index is 1170. The Morgan fingerprint density at radius 1 is 0.941 bits per heavy atom. The van der Waals surface area contributed by atoms with E-state index in [0.29, 0.717) is 51.0 Å². The van der Waals surface area contributed by atoms with Crippen molar-refractivity contribution in [1.29, 1.82) is 0 Å². The SMILES string of the molecule is COc1ccc(CCNC(=O)c2ccccc2NC(=O)COc2ccc(Cl)cc2Br)cc1OC. The van der Waals surface area contributed by atoms with E-state index in [1.54, 1.807) is 56.7 Å². The first kappa shape index (κ1) is 25.4. The molecule has 0 atom stereocenters. The summed E-state index contributed by atoms with van der Waals surface area (Å²) in [5, 5.41) is 6.17. The number of ether oxygens (including phenoxy) is 3. The Morgan fingerprint density at radius 3 is 2.41 bits per heavy atom. The summed E-state index contributed by atoms with van der Waals surface area (Å²) in [7, 11) is 3.16. The highest BCUT2D eigenvalue weighted by molar-refractivity contribution is 9.10. The van der Waals surface area contributed by atoms with Gasteiger partial charge in [-0.25, -0.2) is 0 Å². The fourth-order valence-electron chi connectivity index (χ4n) is 3.16. The van der Waals surface area contributed by atoms with E-state index in [2.05, 4.69) is 26.6 Å². The number of carbonyl (C=O) groups excluding carboxylic acids is 2. The van der Waals surface area contributed by atoms with E-state index in [0.717, 1.165) is 5.56 Å². The van der Waals surface area contributed by atoms with Gasteiger partial charge in [0.1, 0.15) is 5.75 Å². The number of methoxy groups -OCH3 is 2. The number of carbonyl (C=O) groups is 2. The molecule has 0 spiro atoms. The van der Waals surface area contributed by atoms with Crippen molar-refractivity contribution >= 4 is 45.0 Å². The molecule has 2 amide bonds. The van der Waals surface area contributed by atoms with Crippen molar-refractivity contribution in [3.63, 3.8) is 0 Å². The topological polar surface area (TPSA) is 85.9 Å². The molecule has 7 nitrogen and oxygen atoms in total. The second-order valence-electron chi connectivity index (χ2n) is 7.15. The van der Waals surface area contributed by atoms with Crippen LogP contribution in [0.25, 0.3) is 0 Å². The number of nitrogens with one attached hydrogen (secondary N) is 2. The van der Waals surface area contributed by atoms with Crippen molar-refractivity contribution in [1.82, 2.24) is 5.32 Å². The molecule has 34 heavy (non-hydrogen) atoms. The third-order valence-electron chi connectivity index (χ3n) is 4.85. The molecule has 0 aromatic heterocycles. The number of halogens is 2. The van der Waals surface area contributed by atoms with Crippen LogP contribution in [0.5, 0.6) is 17.2 Å². The Morgan fingerprint density at radius 2 is 1.68 bits per heavy atom. The second kappa shape index (κ2) is 12.3. The summed E-state index contributed by atoms with van der Waals surface area (Å²) in [6, 6.07) is 17.4. The molecule has 0 bridgehead atoms. The smallest absolute Gasteiger partial charge is 0.262 e. The van der Waals surface area contributed by atoms with E-state index in [4.69, 9.17) is 25.8 Å². The molecule has 0 aliphatic heterocycles. The van der Waals surface area contributed by atoms with Crippen LogP contribution in [0, 0.1) is 0 Å². The quantitative estimate of drug-likeness (QED) is 0.368. The lowest BCUT2D eigenvalue weighted by atomic mass is 10.1. The van der Waals surface area contributed by atoms with Crippen molar-refractivity contribution < 1.29 is 23.8 Å². The molecule has 9 heteroatoms. The van der Waals surface area contributed by atoms with Gasteiger partial charge < -0.3 is 24.8 Å². The molecule has 0 radical (unpaired) electrons. The number of hydrogen-bond donors (Lipinski definition) is 2. The monoisotopic (exact) mass is 546 g/mol. The summed E-state index contributed by atoms with van der Waals surface area (Å²) in [5.41, 5.74) is 1.75. The third-order valence-corrected chi connectivity index (χ3v) is 5.70. The van der Waals surface area contributed by atoms with E-state index < -0.39 is 5.91 Å². The molecule has 0 unspecified atom stereocenters. The van der Waals surface area contributed by atoms with Crippen LogP contribution in [0.4, 0.5) is 5.69 Å². The lowest BCUT2D eigenvalue weighted by molar-refractivity contribution is -0.118. The van der Waals surface area contributed by atoms with Crippen LogP contribution in [0.2, 0.25) is 5.02 Å². The van der Waals surface area contributed by atoms with Crippen LogP contribution in [0.15, 0.2) is 65.1 Å². The van der Waals surface area contributed by atoms with Crippen LogP contribution >= 0.6 is 27.5 Å². The lowest BCUT2D eigenvalue weighted by Gasteiger charge is -2.13. The first-order valence-electron chi connectivity index (χ1n) is 10.4. The standard InChI is InChI=1S/C25H24BrClN2O5/c1-32-22-9-7-16(13-23(22)33-2)11-12-28-25(31)18-5-3-4-6-20(18)29-24(30)15-34-21-10-8-17(27)14-19(21)26/h3-10,13-14H,11-12,15H2,1-2H3,(H,28,31)(H,29,30). The van der Waals surface area contributed by atoms with Gasteiger partial charge in [0.05, 0.1) is 29.9 Å². The average Bonchev–Trinajstić information content (AvgIpc) is 2.83. The highest BCUT2D eigenvalue weighted by Gasteiger charge is 2.14. The zero-order chi connectivity index (χ0) is 24.5. The normalized spacial score (nSPS) is 10.4. The number of para-hydroxylation sites is 1. The maximum absolute atomic E-state index is 12.8. The molecule has 0 aliphatic rings. The molecule has 0 saturated heterocycles. The molecule has 0 fully saturated rings. The van der Waals surface area contributed by atoms with Crippen molar-refractivity contribution in [2.24, 2.45) is 0 Å². The number of hydrogen-bond acceptors (Lipinski definition) is 5. The van der Waals surface area contributed by atoms with Gasteiger partial charge in [0.15, 0.2) is 18.1 Å². The van der Waals surface area contributed by atoms with Gasteiger partial charge in [-0.3, -0.25) is 9.59 Å². The van der Waals surface area contributed by atoms with Crippen LogP contribution < -0.4 is 24.8 Å². The zero-order valence-electron chi connectivity index (χ0n) is 18.7. The van der Waals surface area contributed by atoms with Gasteiger partial charge in [0.25, 0.3) is 11.8 Å². The summed E-state index contributed by atoms with van der Waals surface area (Å²) in [5.74, 6) is 1.07. The summed E-state index contributed by atoms with van der Waals surface area (Å²) in [4.78, 5) is 25.2. The minimum atomic E-state index is -0.396. The van der Waals surface area contributed by atoms with Crippen molar-refractivity contribution in [2.75, 3.05) is 32.7 Å². The van der Waals surface area contributed by atoms with Crippen molar-refractivity contribution in [2.45, 2.75) is 6.42 Å². The summed E-state index contributed by atoms with van der Waals surface area (Å²) >= 11 is 9.26. The average molecular weight is 548 g/mol. The molecule has 178 valence electrons. The maximum atomic E-state index is 12.8. The maximum Gasteiger partial charge on any atom is 0.262 e. The van der Waals surface area contributed by atoms with E-state index in [1.807, 2.05) is 18.2 Å². The first-order valence-corrected chi connectivity index (χ1v) is 11.5. The number of amides is 2. The van der Waals surface area contributed by atoms with Crippen LogP contribution in [-0.4, -0.2) is 39.2 Å². The largest absolute Gasteiger partial charge is 0.493 e. The molecular weight excluding hydrogens is 524 g/mol. The van der Waals surface area contributed by atoms with Crippen LogP contribution in [0.3, 0.4) is 0 Å². The summed E-state index contributed by atoms with van der Waals surface area (Å²) < 4.78 is 16.7. The highest BCUT2D eigenvalue weighted by Crippen LogP contribution is 2.28. The van der Waals surface area contributed by atoms with Gasteiger partial charge in [0.2, 0.25) is 0 Å².